The van der Waals surface area contributed by atoms with Gasteiger partial charge in [0.25, 0.3) is 0 Å². The van der Waals surface area contributed by atoms with Gasteiger partial charge in [-0.15, -0.1) is 0 Å². The van der Waals surface area contributed by atoms with E-state index in [-0.39, 0.29) is 17.9 Å². The van der Waals surface area contributed by atoms with E-state index in [9.17, 15) is 4.79 Å². The lowest BCUT2D eigenvalue weighted by atomic mass is 10.0. The highest BCUT2D eigenvalue weighted by Gasteiger charge is 2.31. The molecule has 108 valence electrons. The maximum Gasteiger partial charge on any atom is 0.230 e. The summed E-state index contributed by atoms with van der Waals surface area (Å²) in [6.07, 6.45) is 0.849. The molecule has 2 aliphatic heterocycles. The van der Waals surface area contributed by atoms with Gasteiger partial charge >= 0.3 is 0 Å². The quantitative estimate of drug-likeness (QED) is 0.920. The summed E-state index contributed by atoms with van der Waals surface area (Å²) in [5.41, 5.74) is 3.58. The second kappa shape index (κ2) is 5.54. The van der Waals surface area contributed by atoms with Crippen LogP contribution in [0.25, 0.3) is 0 Å². The molecule has 0 aromatic heterocycles. The van der Waals surface area contributed by atoms with Gasteiger partial charge in [-0.05, 0) is 37.1 Å². The summed E-state index contributed by atoms with van der Waals surface area (Å²) in [6, 6.07) is 6.19. The van der Waals surface area contributed by atoms with Crippen LogP contribution < -0.4 is 5.32 Å². The van der Waals surface area contributed by atoms with Crippen molar-refractivity contribution in [2.24, 2.45) is 5.92 Å². The monoisotopic (exact) mass is 274 g/mol. The van der Waals surface area contributed by atoms with Crippen LogP contribution in [-0.4, -0.2) is 30.1 Å². The third-order valence-corrected chi connectivity index (χ3v) is 4.47. The van der Waals surface area contributed by atoms with E-state index in [0.717, 1.165) is 31.7 Å². The second-order valence-corrected chi connectivity index (χ2v) is 5.71. The Kier molecular flexibility index (Phi) is 3.76. The fourth-order valence-corrected chi connectivity index (χ4v) is 3.13. The van der Waals surface area contributed by atoms with Gasteiger partial charge in [-0.1, -0.05) is 19.1 Å². The summed E-state index contributed by atoms with van der Waals surface area (Å²) in [7, 11) is 0. The molecule has 1 aromatic rings. The Morgan fingerprint density at radius 1 is 1.45 bits per heavy atom. The smallest absolute Gasteiger partial charge is 0.230 e. The highest BCUT2D eigenvalue weighted by molar-refractivity contribution is 5.94. The molecular formula is C16H22N2O2. The van der Waals surface area contributed by atoms with E-state index in [0.29, 0.717) is 6.61 Å². The zero-order valence-electron chi connectivity index (χ0n) is 12.2. The number of nitrogens with zero attached hydrogens (tertiary/aromatic N) is 1. The maximum absolute atomic E-state index is 12.4. The lowest BCUT2D eigenvalue weighted by molar-refractivity contribution is -0.121. The first kappa shape index (κ1) is 13.6. The average Bonchev–Trinajstić information content (AvgIpc) is 3.04. The van der Waals surface area contributed by atoms with E-state index < -0.39 is 0 Å². The molecule has 4 nitrogen and oxygen atoms in total. The molecule has 3 rings (SSSR count). The highest BCUT2D eigenvalue weighted by Crippen LogP contribution is 2.30. The fraction of sp³-hybridized carbons (Fsp3) is 0.562. The van der Waals surface area contributed by atoms with Crippen LogP contribution in [-0.2, 0) is 22.6 Å². The van der Waals surface area contributed by atoms with Gasteiger partial charge in [-0.25, -0.2) is 0 Å². The van der Waals surface area contributed by atoms with Crippen LogP contribution in [0.1, 0.15) is 31.4 Å². The van der Waals surface area contributed by atoms with E-state index in [1.54, 1.807) is 0 Å². The summed E-state index contributed by atoms with van der Waals surface area (Å²) in [5, 5.41) is 3.11. The lowest BCUT2D eigenvalue weighted by Crippen LogP contribution is -2.28. The SMILES string of the molecule is CCN1Cc2cccc(NC(=O)[C@@H]3CCO[C@H]3C)c2C1. The molecule has 2 heterocycles. The van der Waals surface area contributed by atoms with Gasteiger partial charge in [0.1, 0.15) is 0 Å². The fourth-order valence-electron chi connectivity index (χ4n) is 3.13. The molecule has 1 N–H and O–H groups in total. The molecule has 1 saturated heterocycles. The number of carbonyl (C=O) groups is 1. The predicted molar refractivity (Wildman–Crippen MR) is 78.4 cm³/mol. The van der Waals surface area contributed by atoms with Gasteiger partial charge < -0.3 is 10.1 Å². The van der Waals surface area contributed by atoms with Gasteiger partial charge in [0.05, 0.1) is 12.0 Å². The predicted octanol–water partition coefficient (Wildman–Crippen LogP) is 2.39. The summed E-state index contributed by atoms with van der Waals surface area (Å²) >= 11 is 0. The van der Waals surface area contributed by atoms with Crippen LogP contribution in [0.2, 0.25) is 0 Å². The lowest BCUT2D eigenvalue weighted by Gasteiger charge is -2.16. The van der Waals surface area contributed by atoms with E-state index in [1.807, 2.05) is 19.1 Å². The molecule has 1 amide bonds. The maximum atomic E-state index is 12.4. The number of rotatable bonds is 3. The number of nitrogens with one attached hydrogen (secondary N) is 1. The van der Waals surface area contributed by atoms with Gasteiger partial charge in [-0.3, -0.25) is 9.69 Å². The molecule has 0 bridgehead atoms. The molecule has 2 aliphatic rings. The van der Waals surface area contributed by atoms with Crippen molar-refractivity contribution < 1.29 is 9.53 Å². The van der Waals surface area contributed by atoms with Crippen molar-refractivity contribution in [3.8, 4) is 0 Å². The highest BCUT2D eigenvalue weighted by atomic mass is 16.5. The Morgan fingerprint density at radius 2 is 2.30 bits per heavy atom. The number of amides is 1. The van der Waals surface area contributed by atoms with E-state index >= 15 is 0 Å². The molecule has 4 heteroatoms. The number of hydrogen-bond donors (Lipinski definition) is 1. The Bertz CT molecular complexity index is 515. The largest absolute Gasteiger partial charge is 0.378 e. The molecule has 1 fully saturated rings. The first-order valence-corrected chi connectivity index (χ1v) is 7.44. The molecule has 2 atom stereocenters. The van der Waals surface area contributed by atoms with Crippen LogP contribution in [0.3, 0.4) is 0 Å². The number of benzene rings is 1. The summed E-state index contributed by atoms with van der Waals surface area (Å²) < 4.78 is 5.48. The molecule has 0 unspecified atom stereocenters. The van der Waals surface area contributed by atoms with E-state index in [1.165, 1.54) is 11.1 Å². The number of anilines is 1. The Morgan fingerprint density at radius 3 is 3.00 bits per heavy atom. The van der Waals surface area contributed by atoms with Crippen LogP contribution in [0.15, 0.2) is 18.2 Å². The van der Waals surface area contributed by atoms with Gasteiger partial charge in [0.2, 0.25) is 5.91 Å². The first-order valence-electron chi connectivity index (χ1n) is 7.44. The zero-order chi connectivity index (χ0) is 14.1. The van der Waals surface area contributed by atoms with Crippen molar-refractivity contribution in [3.05, 3.63) is 29.3 Å². The molecule has 0 radical (unpaired) electrons. The zero-order valence-corrected chi connectivity index (χ0v) is 12.2. The standard InChI is InChI=1S/C16H22N2O2/c1-3-18-9-12-5-4-6-15(14(12)10-18)17-16(19)13-7-8-20-11(13)2/h4-6,11,13H,3,7-10H2,1-2H3,(H,17,19)/t11-,13+/m0/s1. The Labute approximate surface area is 120 Å². The molecule has 0 aliphatic carbocycles. The Hall–Kier alpha value is -1.39. The van der Waals surface area contributed by atoms with Crippen LogP contribution in [0.4, 0.5) is 5.69 Å². The Balaban J connectivity index is 1.76. The normalized spacial score (nSPS) is 25.7. The molecule has 20 heavy (non-hydrogen) atoms. The van der Waals surface area contributed by atoms with Crippen molar-refractivity contribution in [2.75, 3.05) is 18.5 Å². The number of ether oxygens (including phenoxy) is 1. The van der Waals surface area contributed by atoms with Crippen molar-refractivity contribution in [3.63, 3.8) is 0 Å². The summed E-state index contributed by atoms with van der Waals surface area (Å²) in [5.74, 6) is 0.0767. The number of carbonyl (C=O) groups excluding carboxylic acids is 1. The van der Waals surface area contributed by atoms with Crippen molar-refractivity contribution in [2.45, 2.75) is 39.5 Å². The van der Waals surface area contributed by atoms with Gasteiger partial charge in [-0.2, -0.15) is 0 Å². The summed E-state index contributed by atoms with van der Waals surface area (Å²) in [6.45, 7) is 7.79. The minimum absolute atomic E-state index is 0.0189. The molecule has 1 aromatic carbocycles. The van der Waals surface area contributed by atoms with Crippen LogP contribution >= 0.6 is 0 Å². The number of fused-ring (bicyclic) bond motifs is 1. The molecule has 0 spiro atoms. The molecular weight excluding hydrogens is 252 g/mol. The van der Waals surface area contributed by atoms with Crippen LogP contribution in [0.5, 0.6) is 0 Å². The first-order chi connectivity index (χ1) is 9.69. The van der Waals surface area contributed by atoms with Gasteiger partial charge in [0, 0.05) is 25.4 Å². The van der Waals surface area contributed by atoms with Crippen molar-refractivity contribution in [1.82, 2.24) is 4.90 Å². The molecule has 0 saturated carbocycles. The third kappa shape index (κ3) is 2.45. The summed E-state index contributed by atoms with van der Waals surface area (Å²) in [4.78, 5) is 14.7. The minimum Gasteiger partial charge on any atom is -0.378 e. The second-order valence-electron chi connectivity index (χ2n) is 5.71. The van der Waals surface area contributed by atoms with Crippen LogP contribution in [0, 0.1) is 5.92 Å². The third-order valence-electron chi connectivity index (χ3n) is 4.47. The van der Waals surface area contributed by atoms with Crippen molar-refractivity contribution >= 4 is 11.6 Å². The minimum atomic E-state index is -0.0189. The topological polar surface area (TPSA) is 41.6 Å². The van der Waals surface area contributed by atoms with E-state index in [4.69, 9.17) is 4.74 Å². The average molecular weight is 274 g/mol. The van der Waals surface area contributed by atoms with Gasteiger partial charge in [0.15, 0.2) is 0 Å². The number of hydrogen-bond acceptors (Lipinski definition) is 3. The van der Waals surface area contributed by atoms with Crippen molar-refractivity contribution in [1.29, 1.82) is 0 Å². The van der Waals surface area contributed by atoms with E-state index in [2.05, 4.69) is 23.2 Å².